The molecule has 2 rings (SSSR count). The summed E-state index contributed by atoms with van der Waals surface area (Å²) in [4.78, 5) is 0. The van der Waals surface area contributed by atoms with Gasteiger partial charge in [-0.15, -0.1) is 6.42 Å². The van der Waals surface area contributed by atoms with Crippen LogP contribution in [-0.2, 0) is 0 Å². The lowest BCUT2D eigenvalue weighted by Crippen LogP contribution is -1.95. The molecule has 22 heavy (non-hydrogen) atoms. The average Bonchev–Trinajstić information content (AvgIpc) is 2.52. The summed E-state index contributed by atoms with van der Waals surface area (Å²) in [5.41, 5.74) is 1.78. The third kappa shape index (κ3) is 3.83. The summed E-state index contributed by atoms with van der Waals surface area (Å²) >= 11 is 12.0. The lowest BCUT2D eigenvalue weighted by molar-refractivity contribution is 0.369. The first-order valence-corrected chi connectivity index (χ1v) is 7.14. The lowest BCUT2D eigenvalue weighted by atomic mass is 10.0. The number of para-hydroxylation sites is 1. The average molecular weight is 328 g/mol. The number of allylic oxidation sites excluding steroid dienone is 1. The Kier molecular flexibility index (Phi) is 5.50. The Morgan fingerprint density at radius 1 is 1.23 bits per heavy atom. The first kappa shape index (κ1) is 16.0. The molecule has 0 saturated heterocycles. The van der Waals surface area contributed by atoms with Gasteiger partial charge >= 0.3 is 0 Å². The first-order valence-electron chi connectivity index (χ1n) is 6.38. The van der Waals surface area contributed by atoms with E-state index in [9.17, 15) is 5.26 Å². The minimum absolute atomic E-state index is 0.161. The first-order chi connectivity index (χ1) is 10.7. The van der Waals surface area contributed by atoms with Gasteiger partial charge in [0.15, 0.2) is 0 Å². The molecule has 0 aromatic heterocycles. The molecule has 0 radical (unpaired) electrons. The number of terminal acetylenes is 1. The molecule has 4 heteroatoms. The smallest absolute Gasteiger partial charge is 0.148 e. The van der Waals surface area contributed by atoms with Gasteiger partial charge in [0.05, 0.1) is 16.7 Å². The van der Waals surface area contributed by atoms with E-state index in [4.69, 9.17) is 34.4 Å². The fraction of sp³-hybridized carbons (Fsp3) is 0.0556. The Bertz CT molecular complexity index is 797. The van der Waals surface area contributed by atoms with Crippen molar-refractivity contribution < 1.29 is 4.74 Å². The summed E-state index contributed by atoms with van der Waals surface area (Å²) in [5, 5.41) is 10.4. The van der Waals surface area contributed by atoms with Gasteiger partial charge in [-0.05, 0) is 24.3 Å². The minimum atomic E-state index is 0.161. The molecule has 0 amide bonds. The Balaban J connectivity index is 2.46. The van der Waals surface area contributed by atoms with Crippen molar-refractivity contribution in [2.45, 2.75) is 0 Å². The molecule has 2 aromatic rings. The molecular formula is C18H11Cl2NO. The second-order valence-corrected chi connectivity index (χ2v) is 5.17. The summed E-state index contributed by atoms with van der Waals surface area (Å²) in [6, 6.07) is 14.5. The molecule has 2 nitrogen and oxygen atoms in total. The topological polar surface area (TPSA) is 33.0 Å². The quantitative estimate of drug-likeness (QED) is 0.446. The highest BCUT2D eigenvalue weighted by Gasteiger charge is 2.09. The van der Waals surface area contributed by atoms with Crippen LogP contribution in [-0.4, -0.2) is 6.61 Å². The number of hydrogen-bond donors (Lipinski definition) is 0. The van der Waals surface area contributed by atoms with Crippen LogP contribution in [0.4, 0.5) is 0 Å². The molecule has 108 valence electrons. The fourth-order valence-electron chi connectivity index (χ4n) is 1.88. The zero-order valence-corrected chi connectivity index (χ0v) is 13.0. The van der Waals surface area contributed by atoms with Crippen LogP contribution >= 0.6 is 23.2 Å². The molecule has 0 fully saturated rings. The Morgan fingerprint density at radius 2 is 2.00 bits per heavy atom. The van der Waals surface area contributed by atoms with E-state index < -0.39 is 0 Å². The van der Waals surface area contributed by atoms with Crippen LogP contribution in [0.2, 0.25) is 10.0 Å². The zero-order valence-electron chi connectivity index (χ0n) is 11.5. The van der Waals surface area contributed by atoms with E-state index in [-0.39, 0.29) is 6.61 Å². The second kappa shape index (κ2) is 7.57. The molecule has 0 saturated carbocycles. The van der Waals surface area contributed by atoms with Crippen molar-refractivity contribution in [2.75, 3.05) is 6.61 Å². The van der Waals surface area contributed by atoms with Gasteiger partial charge in [-0.1, -0.05) is 53.4 Å². The Hall–Kier alpha value is -2.39. The van der Waals surface area contributed by atoms with Crippen LogP contribution in [0.1, 0.15) is 11.1 Å². The minimum Gasteiger partial charge on any atom is -0.480 e. The maximum Gasteiger partial charge on any atom is 0.148 e. The maximum absolute atomic E-state index is 9.42. The second-order valence-electron chi connectivity index (χ2n) is 4.32. The van der Waals surface area contributed by atoms with Crippen LogP contribution in [0.25, 0.3) is 11.6 Å². The van der Waals surface area contributed by atoms with Gasteiger partial charge in [0.25, 0.3) is 0 Å². The van der Waals surface area contributed by atoms with Crippen LogP contribution in [0, 0.1) is 23.7 Å². The van der Waals surface area contributed by atoms with E-state index in [1.807, 2.05) is 18.2 Å². The van der Waals surface area contributed by atoms with Crippen molar-refractivity contribution in [3.8, 4) is 24.2 Å². The molecule has 0 spiro atoms. The molecular weight excluding hydrogens is 317 g/mol. The molecule has 0 aliphatic carbocycles. The van der Waals surface area contributed by atoms with Crippen LogP contribution in [0.5, 0.6) is 5.75 Å². The number of ether oxygens (including phenoxy) is 1. The van der Waals surface area contributed by atoms with Crippen molar-refractivity contribution in [1.82, 2.24) is 0 Å². The molecule has 0 aliphatic heterocycles. The third-order valence-corrected chi connectivity index (χ3v) is 3.42. The van der Waals surface area contributed by atoms with Gasteiger partial charge in [0, 0.05) is 16.1 Å². The lowest BCUT2D eigenvalue weighted by Gasteiger charge is -2.08. The van der Waals surface area contributed by atoms with Gasteiger partial charge in [-0.25, -0.2) is 0 Å². The van der Waals surface area contributed by atoms with Gasteiger partial charge in [0.1, 0.15) is 12.4 Å². The number of nitriles is 1. The summed E-state index contributed by atoms with van der Waals surface area (Å²) in [7, 11) is 0. The highest BCUT2D eigenvalue weighted by atomic mass is 35.5. The predicted octanol–water partition coefficient (Wildman–Crippen LogP) is 5.07. The normalized spacial score (nSPS) is 10.6. The van der Waals surface area contributed by atoms with E-state index >= 15 is 0 Å². The standard InChI is InChI=1S/C18H11Cl2NO/c1-2-9-22-18-6-4-3-5-13(18)10-14(12-21)16-8-7-15(19)11-17(16)20/h1,3-8,10-11H,9H2/b14-10+. The number of hydrogen-bond acceptors (Lipinski definition) is 2. The van der Waals surface area contributed by atoms with Gasteiger partial charge < -0.3 is 4.74 Å². The van der Waals surface area contributed by atoms with E-state index in [1.54, 1.807) is 30.3 Å². The molecule has 2 aromatic carbocycles. The highest BCUT2D eigenvalue weighted by Crippen LogP contribution is 2.30. The van der Waals surface area contributed by atoms with Crippen LogP contribution < -0.4 is 4.74 Å². The third-order valence-electron chi connectivity index (χ3n) is 2.87. The largest absolute Gasteiger partial charge is 0.480 e. The van der Waals surface area contributed by atoms with E-state index in [2.05, 4.69) is 12.0 Å². The molecule has 0 aliphatic rings. The zero-order chi connectivity index (χ0) is 15.9. The maximum atomic E-state index is 9.42. The Morgan fingerprint density at radius 3 is 2.68 bits per heavy atom. The van der Waals surface area contributed by atoms with E-state index in [1.165, 1.54) is 0 Å². The van der Waals surface area contributed by atoms with Crippen LogP contribution in [0.15, 0.2) is 42.5 Å². The van der Waals surface area contributed by atoms with Gasteiger partial charge in [-0.2, -0.15) is 5.26 Å². The molecule has 0 atom stereocenters. The Labute approximate surface area is 139 Å². The molecule has 0 N–H and O–H groups in total. The van der Waals surface area contributed by atoms with Gasteiger partial charge in [-0.3, -0.25) is 0 Å². The predicted molar refractivity (Wildman–Crippen MR) is 90.7 cm³/mol. The monoisotopic (exact) mass is 327 g/mol. The van der Waals surface area contributed by atoms with Crippen molar-refractivity contribution in [1.29, 1.82) is 5.26 Å². The molecule has 0 heterocycles. The van der Waals surface area contributed by atoms with Crippen molar-refractivity contribution in [3.63, 3.8) is 0 Å². The molecule has 0 bridgehead atoms. The summed E-state index contributed by atoms with van der Waals surface area (Å²) in [5.74, 6) is 3.02. The summed E-state index contributed by atoms with van der Waals surface area (Å²) in [6.45, 7) is 0.161. The van der Waals surface area contributed by atoms with Crippen molar-refractivity contribution in [3.05, 3.63) is 63.6 Å². The van der Waals surface area contributed by atoms with Crippen molar-refractivity contribution in [2.24, 2.45) is 0 Å². The number of rotatable bonds is 4. The fourth-order valence-corrected chi connectivity index (χ4v) is 2.39. The van der Waals surface area contributed by atoms with Crippen LogP contribution in [0.3, 0.4) is 0 Å². The highest BCUT2D eigenvalue weighted by molar-refractivity contribution is 6.36. The van der Waals surface area contributed by atoms with E-state index in [0.717, 1.165) is 5.56 Å². The number of benzene rings is 2. The van der Waals surface area contributed by atoms with E-state index in [0.29, 0.717) is 26.9 Å². The van der Waals surface area contributed by atoms with Crippen molar-refractivity contribution >= 4 is 34.9 Å². The summed E-state index contributed by atoms with van der Waals surface area (Å²) < 4.78 is 5.47. The summed E-state index contributed by atoms with van der Waals surface area (Å²) in [6.07, 6.45) is 6.92. The number of halogens is 2. The number of nitrogens with zero attached hydrogens (tertiary/aromatic N) is 1. The van der Waals surface area contributed by atoms with Gasteiger partial charge in [0.2, 0.25) is 0 Å². The SMILES string of the molecule is C#CCOc1ccccc1/C=C(\C#N)c1ccc(Cl)cc1Cl. The molecule has 0 unspecified atom stereocenters.